The number of nitrogens with two attached hydrogens (primary N) is 1. The summed E-state index contributed by atoms with van der Waals surface area (Å²) < 4.78 is 0. The molecule has 1 aliphatic carbocycles. The Hall–Kier alpha value is -0.770. The molecule has 4 nitrogen and oxygen atoms in total. The maximum absolute atomic E-state index is 8.74. The molecule has 1 rings (SSSR count). The third-order valence-electron chi connectivity index (χ3n) is 4.89. The van der Waals surface area contributed by atoms with Crippen LogP contribution in [0.4, 0.5) is 0 Å². The highest BCUT2D eigenvalue weighted by molar-refractivity contribution is 5.85. The minimum Gasteiger partial charge on any atom is -0.409 e. The summed E-state index contributed by atoms with van der Waals surface area (Å²) in [6, 6.07) is 0.663. The zero-order valence-corrected chi connectivity index (χ0v) is 12.9. The van der Waals surface area contributed by atoms with E-state index in [4.69, 9.17) is 10.9 Å². The molecular formula is C15H31N3O. The fraction of sp³-hybridized carbons (Fsp3) is 0.933. The zero-order chi connectivity index (χ0) is 14.5. The molecule has 1 saturated carbocycles. The second-order valence-electron chi connectivity index (χ2n) is 6.80. The van der Waals surface area contributed by atoms with Crippen LogP contribution in [0.3, 0.4) is 0 Å². The summed E-state index contributed by atoms with van der Waals surface area (Å²) in [6.45, 7) is 9.78. The van der Waals surface area contributed by atoms with E-state index >= 15 is 0 Å². The molecule has 19 heavy (non-hydrogen) atoms. The van der Waals surface area contributed by atoms with Crippen molar-refractivity contribution in [2.45, 2.75) is 65.8 Å². The van der Waals surface area contributed by atoms with Crippen LogP contribution in [0.15, 0.2) is 5.16 Å². The van der Waals surface area contributed by atoms with E-state index in [0.29, 0.717) is 11.9 Å². The van der Waals surface area contributed by atoms with Gasteiger partial charge in [0.15, 0.2) is 0 Å². The van der Waals surface area contributed by atoms with Gasteiger partial charge >= 0.3 is 0 Å². The summed E-state index contributed by atoms with van der Waals surface area (Å²) in [5.74, 6) is 1.93. The first kappa shape index (κ1) is 16.3. The molecule has 112 valence electrons. The molecule has 3 unspecified atom stereocenters. The van der Waals surface area contributed by atoms with Gasteiger partial charge in [-0.15, -0.1) is 0 Å². The van der Waals surface area contributed by atoms with E-state index in [1.807, 2.05) is 13.8 Å². The van der Waals surface area contributed by atoms with Crippen molar-refractivity contribution in [1.29, 1.82) is 0 Å². The second kappa shape index (κ2) is 7.13. The average molecular weight is 269 g/mol. The Kier molecular flexibility index (Phi) is 6.11. The lowest BCUT2D eigenvalue weighted by molar-refractivity contribution is 0.205. The Morgan fingerprint density at radius 3 is 2.68 bits per heavy atom. The number of rotatable bonds is 6. The van der Waals surface area contributed by atoms with Gasteiger partial charge in [-0.2, -0.15) is 0 Å². The number of nitrogens with zero attached hydrogens (tertiary/aromatic N) is 1. The molecule has 0 bridgehead atoms. The van der Waals surface area contributed by atoms with Gasteiger partial charge in [-0.1, -0.05) is 45.7 Å². The van der Waals surface area contributed by atoms with Gasteiger partial charge in [-0.3, -0.25) is 0 Å². The average Bonchev–Trinajstić information content (AvgIpc) is 2.38. The van der Waals surface area contributed by atoms with Crippen molar-refractivity contribution >= 4 is 5.84 Å². The molecular weight excluding hydrogens is 238 g/mol. The number of hydrogen-bond donors (Lipinski definition) is 3. The smallest absolute Gasteiger partial charge is 0.144 e. The van der Waals surface area contributed by atoms with Crippen LogP contribution in [0.1, 0.15) is 59.8 Å². The van der Waals surface area contributed by atoms with Gasteiger partial charge in [0.05, 0.1) is 0 Å². The summed E-state index contributed by atoms with van der Waals surface area (Å²) in [6.07, 6.45) is 6.01. The third-order valence-corrected chi connectivity index (χ3v) is 4.89. The molecule has 0 heterocycles. The second-order valence-corrected chi connectivity index (χ2v) is 6.80. The van der Waals surface area contributed by atoms with Gasteiger partial charge in [0.2, 0.25) is 0 Å². The summed E-state index contributed by atoms with van der Waals surface area (Å²) >= 11 is 0. The molecule has 0 saturated heterocycles. The van der Waals surface area contributed by atoms with Gasteiger partial charge in [0.1, 0.15) is 5.84 Å². The van der Waals surface area contributed by atoms with Crippen LogP contribution < -0.4 is 11.1 Å². The van der Waals surface area contributed by atoms with Crippen molar-refractivity contribution in [2.75, 3.05) is 6.54 Å². The maximum atomic E-state index is 8.74. The molecule has 1 fully saturated rings. The topological polar surface area (TPSA) is 70.6 Å². The highest BCUT2D eigenvalue weighted by Crippen LogP contribution is 2.29. The molecule has 0 aromatic rings. The van der Waals surface area contributed by atoms with Crippen LogP contribution in [0, 0.1) is 17.3 Å². The van der Waals surface area contributed by atoms with E-state index in [9.17, 15) is 0 Å². The SMILES string of the molecule is CC1CCCC(NCCCC(C)(C)C(N)=NO)C1C. The number of hydrogen-bond acceptors (Lipinski definition) is 3. The molecule has 0 aromatic heterocycles. The number of oxime groups is 1. The van der Waals surface area contributed by atoms with E-state index < -0.39 is 0 Å². The van der Waals surface area contributed by atoms with Crippen molar-refractivity contribution in [3.63, 3.8) is 0 Å². The Labute approximate surface area is 117 Å². The van der Waals surface area contributed by atoms with E-state index in [0.717, 1.165) is 31.2 Å². The first-order valence-electron chi connectivity index (χ1n) is 7.60. The molecule has 0 spiro atoms. The first-order valence-corrected chi connectivity index (χ1v) is 7.60. The largest absolute Gasteiger partial charge is 0.409 e. The molecule has 0 aliphatic heterocycles. The van der Waals surface area contributed by atoms with Crippen LogP contribution in [0.25, 0.3) is 0 Å². The highest BCUT2D eigenvalue weighted by Gasteiger charge is 2.27. The lowest BCUT2D eigenvalue weighted by Crippen LogP contribution is -2.41. The van der Waals surface area contributed by atoms with Gasteiger partial charge in [0.25, 0.3) is 0 Å². The molecule has 0 aromatic carbocycles. The Balaban J connectivity index is 2.27. The Bertz CT molecular complexity index is 302. The van der Waals surface area contributed by atoms with Crippen LogP contribution in [-0.4, -0.2) is 23.6 Å². The molecule has 0 amide bonds. The minimum atomic E-state index is -0.220. The minimum absolute atomic E-state index is 0.220. The summed E-state index contributed by atoms with van der Waals surface area (Å²) in [5.41, 5.74) is 5.48. The standard InChI is InChI=1S/C15H31N3O/c1-11-7-5-8-13(12(11)2)17-10-6-9-15(3,4)14(16)18-19/h11-13,17,19H,5-10H2,1-4H3,(H2,16,18). The van der Waals surface area contributed by atoms with Crippen molar-refractivity contribution in [2.24, 2.45) is 28.1 Å². The Morgan fingerprint density at radius 1 is 1.37 bits per heavy atom. The summed E-state index contributed by atoms with van der Waals surface area (Å²) in [7, 11) is 0. The van der Waals surface area contributed by atoms with Crippen molar-refractivity contribution in [3.8, 4) is 0 Å². The van der Waals surface area contributed by atoms with Crippen LogP contribution in [-0.2, 0) is 0 Å². The predicted octanol–water partition coefficient (Wildman–Crippen LogP) is 2.95. The van der Waals surface area contributed by atoms with Gasteiger partial charge in [0, 0.05) is 11.5 Å². The van der Waals surface area contributed by atoms with Crippen molar-refractivity contribution < 1.29 is 5.21 Å². The number of nitrogens with one attached hydrogen (secondary N) is 1. The Morgan fingerprint density at radius 2 is 2.05 bits per heavy atom. The van der Waals surface area contributed by atoms with E-state index in [2.05, 4.69) is 24.3 Å². The van der Waals surface area contributed by atoms with E-state index in [-0.39, 0.29) is 5.41 Å². The van der Waals surface area contributed by atoms with E-state index in [1.54, 1.807) is 0 Å². The van der Waals surface area contributed by atoms with Crippen molar-refractivity contribution in [1.82, 2.24) is 5.32 Å². The fourth-order valence-corrected chi connectivity index (χ4v) is 2.95. The fourth-order valence-electron chi connectivity index (χ4n) is 2.95. The van der Waals surface area contributed by atoms with Crippen molar-refractivity contribution in [3.05, 3.63) is 0 Å². The monoisotopic (exact) mass is 269 g/mol. The van der Waals surface area contributed by atoms with E-state index in [1.165, 1.54) is 19.3 Å². The zero-order valence-electron chi connectivity index (χ0n) is 12.9. The lowest BCUT2D eigenvalue weighted by atomic mass is 9.78. The third kappa shape index (κ3) is 4.68. The molecule has 0 radical (unpaired) electrons. The van der Waals surface area contributed by atoms with Gasteiger partial charge < -0.3 is 16.3 Å². The number of amidine groups is 1. The molecule has 4 heteroatoms. The quantitative estimate of drug-likeness (QED) is 0.228. The molecule has 1 aliphatic rings. The first-order chi connectivity index (χ1) is 8.88. The molecule has 4 N–H and O–H groups in total. The summed E-state index contributed by atoms with van der Waals surface area (Å²) in [4.78, 5) is 0. The normalized spacial score (nSPS) is 29.5. The van der Waals surface area contributed by atoms with Crippen LogP contribution >= 0.6 is 0 Å². The molecule has 3 atom stereocenters. The highest BCUT2D eigenvalue weighted by atomic mass is 16.4. The lowest BCUT2D eigenvalue weighted by Gasteiger charge is -2.35. The van der Waals surface area contributed by atoms with Crippen LogP contribution in [0.5, 0.6) is 0 Å². The predicted molar refractivity (Wildman–Crippen MR) is 80.4 cm³/mol. The van der Waals surface area contributed by atoms with Crippen LogP contribution in [0.2, 0.25) is 0 Å². The summed E-state index contributed by atoms with van der Waals surface area (Å²) in [5, 5.41) is 15.6. The maximum Gasteiger partial charge on any atom is 0.144 e. The van der Waals surface area contributed by atoms with Gasteiger partial charge in [-0.05, 0) is 37.6 Å². The van der Waals surface area contributed by atoms with Gasteiger partial charge in [-0.25, -0.2) is 0 Å².